The minimum absolute atomic E-state index is 0.175. The lowest BCUT2D eigenvalue weighted by Crippen LogP contribution is -2.31. The Morgan fingerprint density at radius 1 is 1.36 bits per heavy atom. The van der Waals surface area contributed by atoms with E-state index >= 15 is 0 Å². The van der Waals surface area contributed by atoms with Crippen LogP contribution in [0.4, 0.5) is 0 Å². The molecule has 0 spiro atoms. The van der Waals surface area contributed by atoms with Crippen LogP contribution in [0, 0.1) is 5.92 Å². The van der Waals surface area contributed by atoms with Crippen LogP contribution >= 0.6 is 15.9 Å². The highest BCUT2D eigenvalue weighted by Crippen LogP contribution is 2.18. The van der Waals surface area contributed by atoms with Gasteiger partial charge in [-0.25, -0.2) is 4.98 Å². The molecule has 122 valence electrons. The van der Waals surface area contributed by atoms with Crippen LogP contribution in [0.3, 0.4) is 0 Å². The third kappa shape index (κ3) is 7.13. The van der Waals surface area contributed by atoms with E-state index in [2.05, 4.69) is 31.0 Å². The van der Waals surface area contributed by atoms with Gasteiger partial charge in [-0.05, 0) is 74.8 Å². The average Bonchev–Trinajstić information content (AvgIpc) is 2.48. The maximum Gasteiger partial charge on any atom is 0.293 e. The molecule has 2 rings (SSSR count). The summed E-state index contributed by atoms with van der Waals surface area (Å²) in [5.41, 5.74) is 0.409. The van der Waals surface area contributed by atoms with Crippen LogP contribution in [-0.4, -0.2) is 35.9 Å². The summed E-state index contributed by atoms with van der Waals surface area (Å²) in [4.78, 5) is 25.7. The average molecular weight is 371 g/mol. The molecule has 1 aliphatic rings. The minimum atomic E-state index is -0.318. The predicted molar refractivity (Wildman–Crippen MR) is 88.8 cm³/mol. The van der Waals surface area contributed by atoms with E-state index in [9.17, 15) is 9.59 Å². The Labute approximate surface area is 140 Å². The number of hydrogen-bond acceptors (Lipinski definition) is 5. The topological polar surface area (TPSA) is 68.3 Å². The number of nitrogens with zero attached hydrogens (tertiary/aromatic N) is 1. The highest BCUT2D eigenvalue weighted by molar-refractivity contribution is 9.10. The lowest BCUT2D eigenvalue weighted by molar-refractivity contribution is -0.138. The van der Waals surface area contributed by atoms with E-state index in [1.54, 1.807) is 6.20 Å². The van der Waals surface area contributed by atoms with E-state index in [0.717, 1.165) is 36.1 Å². The second-order valence-electron chi connectivity index (χ2n) is 6.08. The van der Waals surface area contributed by atoms with Gasteiger partial charge in [0.05, 0.1) is 0 Å². The Kier molecular flexibility index (Phi) is 7.68. The lowest BCUT2D eigenvalue weighted by atomic mass is 9.90. The van der Waals surface area contributed by atoms with Crippen LogP contribution in [-0.2, 0) is 9.53 Å². The molecule has 0 atom stereocenters. The van der Waals surface area contributed by atoms with Crippen molar-refractivity contribution in [3.63, 3.8) is 0 Å². The summed E-state index contributed by atoms with van der Waals surface area (Å²) in [5.74, 6) is 0.408. The van der Waals surface area contributed by atoms with Crippen LogP contribution < -0.4 is 5.32 Å². The fourth-order valence-corrected chi connectivity index (χ4v) is 2.22. The van der Waals surface area contributed by atoms with Gasteiger partial charge in [0.25, 0.3) is 6.47 Å². The third-order valence-electron chi connectivity index (χ3n) is 3.12. The zero-order chi connectivity index (χ0) is 16.6. The van der Waals surface area contributed by atoms with Crippen molar-refractivity contribution in [2.24, 2.45) is 5.92 Å². The van der Waals surface area contributed by atoms with Gasteiger partial charge in [-0.3, -0.25) is 9.59 Å². The highest BCUT2D eigenvalue weighted by Gasteiger charge is 2.22. The van der Waals surface area contributed by atoms with Gasteiger partial charge < -0.3 is 10.1 Å². The third-order valence-corrected chi connectivity index (χ3v) is 3.59. The molecule has 1 saturated heterocycles. The Morgan fingerprint density at radius 2 is 2.00 bits per heavy atom. The molecule has 1 aliphatic heterocycles. The van der Waals surface area contributed by atoms with Gasteiger partial charge in [0.2, 0.25) is 0 Å². The molecule has 0 aliphatic carbocycles. The van der Waals surface area contributed by atoms with Gasteiger partial charge in [-0.1, -0.05) is 0 Å². The molecule has 1 N–H and O–H groups in total. The number of ketones is 1. The molecule has 0 amide bonds. The summed E-state index contributed by atoms with van der Waals surface area (Å²) in [6.45, 7) is 7.81. The molecule has 0 aromatic carbocycles. The Bertz CT molecular complexity index is 477. The standard InChI is InChI=1S/C11H13BrN2O.C5H10O2/c12-10-2-1-9(7-14-10)11(15)8-3-5-13-6-4-8;1-5(2,3)7-4-6/h1-2,7-8,13H,3-6H2;4H,1-3H3. The van der Waals surface area contributed by atoms with Gasteiger partial charge >= 0.3 is 0 Å². The number of carbonyl (C=O) groups is 2. The van der Waals surface area contributed by atoms with E-state index in [-0.39, 0.29) is 17.3 Å². The Hall–Kier alpha value is -1.27. The number of rotatable bonds is 3. The largest absolute Gasteiger partial charge is 0.462 e. The van der Waals surface area contributed by atoms with Crippen LogP contribution in [0.1, 0.15) is 44.0 Å². The number of aromatic nitrogens is 1. The fraction of sp³-hybridized carbons (Fsp3) is 0.562. The molecule has 0 radical (unpaired) electrons. The number of halogens is 1. The van der Waals surface area contributed by atoms with Crippen molar-refractivity contribution in [3.8, 4) is 0 Å². The first kappa shape index (κ1) is 18.8. The van der Waals surface area contributed by atoms with E-state index in [1.165, 1.54) is 0 Å². The maximum absolute atomic E-state index is 12.0. The Balaban J connectivity index is 0.000000295. The number of piperidine rings is 1. The molecule has 1 aromatic heterocycles. The number of pyridine rings is 1. The van der Waals surface area contributed by atoms with Crippen molar-refractivity contribution in [2.75, 3.05) is 13.1 Å². The highest BCUT2D eigenvalue weighted by atomic mass is 79.9. The van der Waals surface area contributed by atoms with Gasteiger partial charge in [0.1, 0.15) is 10.2 Å². The summed E-state index contributed by atoms with van der Waals surface area (Å²) >= 11 is 3.26. The lowest BCUT2D eigenvalue weighted by Gasteiger charge is -2.21. The van der Waals surface area contributed by atoms with Crippen LogP contribution in [0.5, 0.6) is 0 Å². The second kappa shape index (κ2) is 9.00. The summed E-state index contributed by atoms with van der Waals surface area (Å²) in [6.07, 6.45) is 3.53. The van der Waals surface area contributed by atoms with Crippen molar-refractivity contribution < 1.29 is 14.3 Å². The monoisotopic (exact) mass is 370 g/mol. The number of Topliss-reactive ketones (excluding diaryl/α,β-unsaturated/α-hetero) is 1. The molecule has 5 nitrogen and oxygen atoms in total. The molecule has 0 saturated carbocycles. The maximum atomic E-state index is 12.0. The van der Waals surface area contributed by atoms with Crippen LogP contribution in [0.15, 0.2) is 22.9 Å². The summed E-state index contributed by atoms with van der Waals surface area (Å²) in [5, 5.41) is 3.25. The Morgan fingerprint density at radius 3 is 2.41 bits per heavy atom. The minimum Gasteiger partial charge on any atom is -0.462 e. The van der Waals surface area contributed by atoms with Gasteiger partial charge in [0, 0.05) is 17.7 Å². The predicted octanol–water partition coefficient (Wildman–Crippen LogP) is 2.98. The molecular formula is C16H23BrN2O3. The van der Waals surface area contributed by atoms with E-state index in [0.29, 0.717) is 6.47 Å². The van der Waals surface area contributed by atoms with Gasteiger partial charge in [-0.15, -0.1) is 0 Å². The summed E-state index contributed by atoms with van der Waals surface area (Å²) in [7, 11) is 0. The van der Waals surface area contributed by atoms with Gasteiger partial charge in [-0.2, -0.15) is 0 Å². The number of ether oxygens (including phenoxy) is 1. The first-order valence-corrected chi connectivity index (χ1v) is 8.11. The first-order chi connectivity index (χ1) is 10.3. The first-order valence-electron chi connectivity index (χ1n) is 7.31. The van der Waals surface area contributed by atoms with E-state index in [4.69, 9.17) is 0 Å². The normalized spacial score (nSPS) is 15.5. The zero-order valence-electron chi connectivity index (χ0n) is 13.3. The van der Waals surface area contributed by atoms with Gasteiger partial charge in [0.15, 0.2) is 5.78 Å². The molecule has 0 bridgehead atoms. The van der Waals surface area contributed by atoms with Crippen LogP contribution in [0.25, 0.3) is 0 Å². The number of nitrogens with one attached hydrogen (secondary N) is 1. The fourth-order valence-electron chi connectivity index (χ4n) is 1.99. The van der Waals surface area contributed by atoms with E-state index in [1.807, 2.05) is 32.9 Å². The van der Waals surface area contributed by atoms with Crippen molar-refractivity contribution >= 4 is 28.2 Å². The van der Waals surface area contributed by atoms with E-state index < -0.39 is 0 Å². The summed E-state index contributed by atoms with van der Waals surface area (Å²) < 4.78 is 5.32. The number of carbonyl (C=O) groups excluding carboxylic acids is 2. The quantitative estimate of drug-likeness (QED) is 0.503. The van der Waals surface area contributed by atoms with Crippen LogP contribution in [0.2, 0.25) is 0 Å². The zero-order valence-corrected chi connectivity index (χ0v) is 14.9. The molecule has 2 heterocycles. The van der Waals surface area contributed by atoms with Crippen molar-refractivity contribution in [1.29, 1.82) is 0 Å². The molecule has 0 unspecified atom stereocenters. The van der Waals surface area contributed by atoms with Crippen molar-refractivity contribution in [3.05, 3.63) is 28.5 Å². The molecule has 1 aromatic rings. The number of hydrogen-bond donors (Lipinski definition) is 1. The second-order valence-corrected chi connectivity index (χ2v) is 6.90. The summed E-state index contributed by atoms with van der Waals surface area (Å²) in [6, 6.07) is 3.65. The van der Waals surface area contributed by atoms with Crippen molar-refractivity contribution in [2.45, 2.75) is 39.2 Å². The molecule has 6 heteroatoms. The molecule has 22 heavy (non-hydrogen) atoms. The van der Waals surface area contributed by atoms with Crippen molar-refractivity contribution in [1.82, 2.24) is 10.3 Å². The molecular weight excluding hydrogens is 348 g/mol. The smallest absolute Gasteiger partial charge is 0.293 e. The SMILES string of the molecule is CC(C)(C)OC=O.O=C(c1ccc(Br)nc1)C1CCNCC1. The molecule has 1 fully saturated rings.